The summed E-state index contributed by atoms with van der Waals surface area (Å²) in [5.74, 6) is -0.213. The molecule has 0 aliphatic carbocycles. The van der Waals surface area contributed by atoms with Crippen LogP contribution in [0.4, 0.5) is 11.4 Å². The van der Waals surface area contributed by atoms with Crippen LogP contribution in [0, 0.1) is 0 Å². The van der Waals surface area contributed by atoms with Crippen molar-refractivity contribution >= 4 is 40.5 Å². The molecule has 0 aliphatic heterocycles. The van der Waals surface area contributed by atoms with Crippen LogP contribution in [0.15, 0.2) is 12.1 Å². The van der Waals surface area contributed by atoms with E-state index in [-0.39, 0.29) is 12.3 Å². The van der Waals surface area contributed by atoms with Crippen molar-refractivity contribution in [1.29, 1.82) is 0 Å². The lowest BCUT2D eigenvalue weighted by molar-refractivity contribution is -0.117. The highest BCUT2D eigenvalue weighted by Crippen LogP contribution is 2.32. The molecular formula is C10H12Cl2N2O2. The molecule has 4 nitrogen and oxygen atoms in total. The smallest absolute Gasteiger partial charge is 0.226 e. The van der Waals surface area contributed by atoms with Gasteiger partial charge in [0.15, 0.2) is 0 Å². The quantitative estimate of drug-likeness (QED) is 0.820. The monoisotopic (exact) mass is 262 g/mol. The molecule has 88 valence electrons. The zero-order valence-corrected chi connectivity index (χ0v) is 10.2. The van der Waals surface area contributed by atoms with Gasteiger partial charge < -0.3 is 15.8 Å². The summed E-state index contributed by atoms with van der Waals surface area (Å²) < 4.78 is 4.78. The van der Waals surface area contributed by atoms with Gasteiger partial charge >= 0.3 is 0 Å². The summed E-state index contributed by atoms with van der Waals surface area (Å²) in [6.07, 6.45) is 0.244. The number of nitrogens with two attached hydrogens (primary N) is 1. The van der Waals surface area contributed by atoms with Gasteiger partial charge in [0.1, 0.15) is 0 Å². The number of rotatable bonds is 4. The lowest BCUT2D eigenvalue weighted by Gasteiger charge is -2.09. The summed E-state index contributed by atoms with van der Waals surface area (Å²) in [6.45, 7) is 0.343. The van der Waals surface area contributed by atoms with E-state index in [9.17, 15) is 4.79 Å². The number of nitrogens with one attached hydrogen (secondary N) is 1. The Hall–Kier alpha value is -0.970. The summed E-state index contributed by atoms with van der Waals surface area (Å²) >= 11 is 11.8. The van der Waals surface area contributed by atoms with Crippen LogP contribution in [0.1, 0.15) is 6.42 Å². The van der Waals surface area contributed by atoms with E-state index in [2.05, 4.69) is 5.32 Å². The molecule has 0 saturated heterocycles. The first-order valence-corrected chi connectivity index (χ1v) is 5.33. The lowest BCUT2D eigenvalue weighted by atomic mass is 10.2. The van der Waals surface area contributed by atoms with E-state index < -0.39 is 0 Å². The minimum atomic E-state index is -0.213. The van der Waals surface area contributed by atoms with E-state index in [0.29, 0.717) is 28.0 Å². The molecule has 0 radical (unpaired) electrons. The molecule has 0 bridgehead atoms. The number of carbonyl (C=O) groups excluding carboxylic acids is 1. The topological polar surface area (TPSA) is 64.3 Å². The summed E-state index contributed by atoms with van der Waals surface area (Å²) in [5.41, 5.74) is 6.36. The Morgan fingerprint density at radius 2 is 2.00 bits per heavy atom. The maximum absolute atomic E-state index is 11.4. The Morgan fingerprint density at radius 3 is 2.50 bits per heavy atom. The fourth-order valence-corrected chi connectivity index (χ4v) is 1.71. The van der Waals surface area contributed by atoms with Crippen LogP contribution in [-0.4, -0.2) is 19.6 Å². The maximum atomic E-state index is 11.4. The van der Waals surface area contributed by atoms with E-state index >= 15 is 0 Å². The summed E-state index contributed by atoms with van der Waals surface area (Å²) in [5, 5.41) is 3.23. The van der Waals surface area contributed by atoms with E-state index in [0.717, 1.165) is 0 Å². The highest BCUT2D eigenvalue weighted by Gasteiger charge is 2.10. The van der Waals surface area contributed by atoms with Gasteiger partial charge in [-0.05, 0) is 12.1 Å². The molecule has 1 rings (SSSR count). The Labute approximate surface area is 104 Å². The number of methoxy groups -OCH3 is 1. The molecule has 0 atom stereocenters. The molecule has 1 aromatic rings. The lowest BCUT2D eigenvalue weighted by Crippen LogP contribution is -2.14. The normalized spacial score (nSPS) is 10.2. The average Bonchev–Trinajstić information content (AvgIpc) is 2.20. The number of carbonyl (C=O) groups is 1. The Balaban J connectivity index is 2.77. The second-order valence-corrected chi connectivity index (χ2v) is 3.96. The Morgan fingerprint density at radius 1 is 1.44 bits per heavy atom. The molecule has 0 unspecified atom stereocenters. The van der Waals surface area contributed by atoms with Gasteiger partial charge in [-0.3, -0.25) is 4.79 Å². The Bertz CT molecular complexity index is 373. The average molecular weight is 263 g/mol. The number of nitrogen functional groups attached to an aromatic ring is 1. The van der Waals surface area contributed by atoms with Crippen molar-refractivity contribution in [2.24, 2.45) is 0 Å². The summed E-state index contributed by atoms with van der Waals surface area (Å²) in [6, 6.07) is 3.05. The highest BCUT2D eigenvalue weighted by molar-refractivity contribution is 6.40. The predicted molar refractivity (Wildman–Crippen MR) is 66.0 cm³/mol. The molecule has 0 aromatic heterocycles. The van der Waals surface area contributed by atoms with Crippen LogP contribution in [0.25, 0.3) is 0 Å². The van der Waals surface area contributed by atoms with Gasteiger partial charge in [-0.1, -0.05) is 23.2 Å². The summed E-state index contributed by atoms with van der Waals surface area (Å²) in [4.78, 5) is 11.4. The van der Waals surface area contributed by atoms with Crippen LogP contribution >= 0.6 is 23.2 Å². The van der Waals surface area contributed by atoms with Crippen LogP contribution in [0.5, 0.6) is 0 Å². The standard InChI is InChI=1S/C10H12Cl2N2O2/c1-16-3-2-9(15)14-10-7(11)4-6(13)5-8(10)12/h4-5H,2-3,13H2,1H3,(H,14,15). The number of halogens is 2. The predicted octanol–water partition coefficient (Wildman–Crippen LogP) is 2.55. The van der Waals surface area contributed by atoms with Gasteiger partial charge in [-0.25, -0.2) is 0 Å². The van der Waals surface area contributed by atoms with Gasteiger partial charge in [-0.15, -0.1) is 0 Å². The van der Waals surface area contributed by atoms with Crippen molar-refractivity contribution in [3.8, 4) is 0 Å². The van der Waals surface area contributed by atoms with Gasteiger partial charge in [-0.2, -0.15) is 0 Å². The Kier molecular flexibility index (Phi) is 4.86. The molecule has 1 aromatic carbocycles. The fraction of sp³-hybridized carbons (Fsp3) is 0.300. The number of hydrogen-bond acceptors (Lipinski definition) is 3. The van der Waals surface area contributed by atoms with Gasteiger partial charge in [0.05, 0.1) is 28.8 Å². The van der Waals surface area contributed by atoms with Gasteiger partial charge in [0.2, 0.25) is 5.91 Å². The molecule has 0 saturated carbocycles. The number of anilines is 2. The molecule has 16 heavy (non-hydrogen) atoms. The first kappa shape index (κ1) is 13.1. The fourth-order valence-electron chi connectivity index (χ4n) is 1.11. The van der Waals surface area contributed by atoms with E-state index in [4.69, 9.17) is 33.7 Å². The van der Waals surface area contributed by atoms with Gasteiger partial charge in [0.25, 0.3) is 0 Å². The van der Waals surface area contributed by atoms with Crippen LogP contribution in [-0.2, 0) is 9.53 Å². The van der Waals surface area contributed by atoms with Crippen molar-refractivity contribution < 1.29 is 9.53 Å². The second kappa shape index (κ2) is 5.94. The number of amides is 1. The minimum absolute atomic E-state index is 0.213. The second-order valence-electron chi connectivity index (χ2n) is 3.15. The summed E-state index contributed by atoms with van der Waals surface area (Å²) in [7, 11) is 1.52. The molecule has 6 heteroatoms. The van der Waals surface area contributed by atoms with Crippen molar-refractivity contribution in [1.82, 2.24) is 0 Å². The van der Waals surface area contributed by atoms with Crippen LogP contribution in [0.3, 0.4) is 0 Å². The number of benzene rings is 1. The molecule has 0 heterocycles. The van der Waals surface area contributed by atoms with Gasteiger partial charge in [0, 0.05) is 12.8 Å². The SMILES string of the molecule is COCCC(=O)Nc1c(Cl)cc(N)cc1Cl. The molecular weight excluding hydrogens is 251 g/mol. The largest absolute Gasteiger partial charge is 0.399 e. The third kappa shape index (κ3) is 3.56. The number of ether oxygens (including phenoxy) is 1. The molecule has 0 spiro atoms. The number of hydrogen-bond donors (Lipinski definition) is 2. The first-order valence-electron chi connectivity index (χ1n) is 4.58. The highest BCUT2D eigenvalue weighted by atomic mass is 35.5. The molecule has 3 N–H and O–H groups in total. The van der Waals surface area contributed by atoms with E-state index in [1.165, 1.54) is 19.2 Å². The first-order chi connectivity index (χ1) is 7.54. The van der Waals surface area contributed by atoms with Crippen molar-refractivity contribution in [3.05, 3.63) is 22.2 Å². The van der Waals surface area contributed by atoms with E-state index in [1.807, 2.05) is 0 Å². The zero-order chi connectivity index (χ0) is 12.1. The molecule has 0 fully saturated rings. The molecule has 0 aliphatic rings. The van der Waals surface area contributed by atoms with Crippen molar-refractivity contribution in [2.45, 2.75) is 6.42 Å². The third-order valence-electron chi connectivity index (χ3n) is 1.86. The van der Waals surface area contributed by atoms with E-state index in [1.54, 1.807) is 0 Å². The van der Waals surface area contributed by atoms with Crippen molar-refractivity contribution in [2.75, 3.05) is 24.8 Å². The van der Waals surface area contributed by atoms with Crippen molar-refractivity contribution in [3.63, 3.8) is 0 Å². The third-order valence-corrected chi connectivity index (χ3v) is 2.46. The van der Waals surface area contributed by atoms with Crippen LogP contribution < -0.4 is 11.1 Å². The molecule has 1 amide bonds. The van der Waals surface area contributed by atoms with Crippen LogP contribution in [0.2, 0.25) is 10.0 Å². The maximum Gasteiger partial charge on any atom is 0.226 e. The minimum Gasteiger partial charge on any atom is -0.399 e. The zero-order valence-electron chi connectivity index (χ0n) is 8.72.